The maximum Gasteiger partial charge on any atom is 0.338 e. The van der Waals surface area contributed by atoms with Crippen molar-refractivity contribution in [3.63, 3.8) is 0 Å². The first-order chi connectivity index (χ1) is 13.5. The van der Waals surface area contributed by atoms with Gasteiger partial charge < -0.3 is 9.72 Å². The minimum Gasteiger partial charge on any atom is -0.456 e. The highest BCUT2D eigenvalue weighted by Gasteiger charge is 2.14. The molecule has 2 aromatic carbocycles. The maximum absolute atomic E-state index is 12.8. The van der Waals surface area contributed by atoms with E-state index in [1.165, 1.54) is 29.5 Å². The quantitative estimate of drug-likeness (QED) is 0.519. The van der Waals surface area contributed by atoms with E-state index in [4.69, 9.17) is 16.3 Å². The minimum absolute atomic E-state index is 0.0216. The number of nitrogens with one attached hydrogen (secondary N) is 1. The molecule has 0 aliphatic carbocycles. The Morgan fingerprint density at radius 3 is 2.68 bits per heavy atom. The third-order valence-corrected chi connectivity index (χ3v) is 5.05. The zero-order valence-corrected chi connectivity index (χ0v) is 15.8. The van der Waals surface area contributed by atoms with Gasteiger partial charge in [-0.05, 0) is 30.3 Å². The summed E-state index contributed by atoms with van der Waals surface area (Å²) in [5.74, 6) is -0.598. The predicted octanol–water partition coefficient (Wildman–Crippen LogP) is 3.15. The summed E-state index contributed by atoms with van der Waals surface area (Å²) in [6.07, 6.45) is 0. The first-order valence-corrected chi connectivity index (χ1v) is 9.40. The van der Waals surface area contributed by atoms with Crippen LogP contribution in [0, 0.1) is 0 Å². The Labute approximate surface area is 166 Å². The van der Waals surface area contributed by atoms with Crippen molar-refractivity contribution < 1.29 is 9.53 Å². The lowest BCUT2D eigenvalue weighted by Gasteiger charge is -2.08. The van der Waals surface area contributed by atoms with Crippen molar-refractivity contribution in [2.24, 2.45) is 0 Å². The van der Waals surface area contributed by atoms with Gasteiger partial charge in [0, 0.05) is 5.38 Å². The standard InChI is InChI=1S/C19H12ClN3O4S/c20-18-21-12(10-28-18)9-27-17(25)11-6-7-14-15(8-11)22-19(26)23(16(14)24)13-4-2-1-3-5-13/h1-8,10H,9H2,(H,22,26). The van der Waals surface area contributed by atoms with Gasteiger partial charge in [0.1, 0.15) is 6.61 Å². The molecule has 140 valence electrons. The second-order valence-electron chi connectivity index (χ2n) is 5.83. The number of nitrogens with zero attached hydrogens (tertiary/aromatic N) is 2. The topological polar surface area (TPSA) is 94.0 Å². The van der Waals surface area contributed by atoms with Gasteiger partial charge in [0.2, 0.25) is 0 Å². The number of ether oxygens (including phenoxy) is 1. The fourth-order valence-electron chi connectivity index (χ4n) is 2.73. The number of rotatable bonds is 4. The molecule has 0 saturated heterocycles. The number of esters is 1. The molecule has 0 radical (unpaired) electrons. The van der Waals surface area contributed by atoms with Crippen LogP contribution in [0.5, 0.6) is 0 Å². The zero-order valence-electron chi connectivity index (χ0n) is 14.2. The van der Waals surface area contributed by atoms with E-state index in [1.807, 2.05) is 0 Å². The fourth-order valence-corrected chi connectivity index (χ4v) is 3.49. The number of fused-ring (bicyclic) bond motifs is 1. The molecule has 2 aromatic heterocycles. The Kier molecular flexibility index (Phi) is 4.81. The highest BCUT2D eigenvalue weighted by atomic mass is 35.5. The van der Waals surface area contributed by atoms with Crippen LogP contribution < -0.4 is 11.2 Å². The van der Waals surface area contributed by atoms with Gasteiger partial charge in [0.05, 0.1) is 27.8 Å². The average Bonchev–Trinajstić information content (AvgIpc) is 3.11. The number of aromatic amines is 1. The van der Waals surface area contributed by atoms with Crippen molar-refractivity contribution in [3.05, 3.63) is 90.5 Å². The summed E-state index contributed by atoms with van der Waals surface area (Å²) < 4.78 is 6.61. The summed E-state index contributed by atoms with van der Waals surface area (Å²) in [6, 6.07) is 13.0. The first-order valence-electron chi connectivity index (χ1n) is 8.14. The van der Waals surface area contributed by atoms with Crippen molar-refractivity contribution in [1.29, 1.82) is 0 Å². The van der Waals surface area contributed by atoms with Crippen molar-refractivity contribution in [1.82, 2.24) is 14.5 Å². The number of carbonyl (C=O) groups excluding carboxylic acids is 1. The second-order valence-corrected chi connectivity index (χ2v) is 7.27. The van der Waals surface area contributed by atoms with E-state index in [9.17, 15) is 14.4 Å². The van der Waals surface area contributed by atoms with E-state index in [1.54, 1.807) is 35.7 Å². The summed E-state index contributed by atoms with van der Waals surface area (Å²) >= 11 is 6.99. The first kappa shape index (κ1) is 18.1. The lowest BCUT2D eigenvalue weighted by Crippen LogP contribution is -2.33. The molecule has 0 spiro atoms. The molecule has 0 fully saturated rings. The molecule has 0 aliphatic heterocycles. The van der Waals surface area contributed by atoms with E-state index in [0.29, 0.717) is 15.8 Å². The number of aromatic nitrogens is 3. The number of halogens is 1. The molecule has 0 aliphatic rings. The molecule has 0 saturated carbocycles. The van der Waals surface area contributed by atoms with Crippen LogP contribution in [0.1, 0.15) is 16.1 Å². The number of H-pyrrole nitrogens is 1. The number of thiazole rings is 1. The van der Waals surface area contributed by atoms with E-state index < -0.39 is 17.2 Å². The molecule has 1 N–H and O–H groups in total. The third kappa shape index (κ3) is 3.47. The summed E-state index contributed by atoms with van der Waals surface area (Å²) in [6.45, 7) is -0.0216. The molecule has 0 bridgehead atoms. The van der Waals surface area contributed by atoms with Crippen LogP contribution in [0.3, 0.4) is 0 Å². The average molecular weight is 414 g/mol. The second kappa shape index (κ2) is 7.41. The number of benzene rings is 2. The van der Waals surface area contributed by atoms with E-state index in [-0.39, 0.29) is 23.1 Å². The van der Waals surface area contributed by atoms with Gasteiger partial charge in [-0.25, -0.2) is 19.1 Å². The molecule has 0 unspecified atom stereocenters. The molecule has 0 amide bonds. The molecular formula is C19H12ClN3O4S. The van der Waals surface area contributed by atoms with Crippen molar-refractivity contribution in [2.45, 2.75) is 6.61 Å². The van der Waals surface area contributed by atoms with Crippen molar-refractivity contribution in [3.8, 4) is 5.69 Å². The number of hydrogen-bond donors (Lipinski definition) is 1. The number of hydrogen-bond acceptors (Lipinski definition) is 6. The lowest BCUT2D eigenvalue weighted by atomic mass is 10.1. The molecule has 4 rings (SSSR count). The molecule has 4 aromatic rings. The smallest absolute Gasteiger partial charge is 0.338 e. The Hall–Kier alpha value is -3.23. The molecule has 7 nitrogen and oxygen atoms in total. The van der Waals surface area contributed by atoms with Crippen LogP contribution in [-0.2, 0) is 11.3 Å². The number of carbonyl (C=O) groups is 1. The Morgan fingerprint density at radius 1 is 1.18 bits per heavy atom. The van der Waals surface area contributed by atoms with Crippen molar-refractivity contribution >= 4 is 39.8 Å². The highest BCUT2D eigenvalue weighted by molar-refractivity contribution is 7.13. The summed E-state index contributed by atoms with van der Waals surface area (Å²) in [7, 11) is 0. The third-order valence-electron chi connectivity index (χ3n) is 4.02. The van der Waals surface area contributed by atoms with E-state index >= 15 is 0 Å². The zero-order chi connectivity index (χ0) is 19.7. The van der Waals surface area contributed by atoms with E-state index in [0.717, 1.165) is 4.57 Å². The normalized spacial score (nSPS) is 10.9. The van der Waals surface area contributed by atoms with Gasteiger partial charge in [-0.3, -0.25) is 4.79 Å². The van der Waals surface area contributed by atoms with Gasteiger partial charge in [0.15, 0.2) is 4.47 Å². The maximum atomic E-state index is 12.8. The lowest BCUT2D eigenvalue weighted by molar-refractivity contribution is 0.0468. The van der Waals surface area contributed by atoms with Crippen LogP contribution in [-0.4, -0.2) is 20.5 Å². The van der Waals surface area contributed by atoms with Crippen molar-refractivity contribution in [2.75, 3.05) is 0 Å². The number of para-hydroxylation sites is 1. The van der Waals surface area contributed by atoms with E-state index in [2.05, 4.69) is 9.97 Å². The monoisotopic (exact) mass is 413 g/mol. The fraction of sp³-hybridized carbons (Fsp3) is 0.0526. The molecular weight excluding hydrogens is 402 g/mol. The van der Waals surface area contributed by atoms with Crippen LogP contribution in [0.15, 0.2) is 63.5 Å². The predicted molar refractivity (Wildman–Crippen MR) is 106 cm³/mol. The molecule has 9 heteroatoms. The Balaban J connectivity index is 1.67. The van der Waals surface area contributed by atoms with Crippen LogP contribution in [0.25, 0.3) is 16.6 Å². The highest BCUT2D eigenvalue weighted by Crippen LogP contribution is 2.17. The molecule has 2 heterocycles. The largest absolute Gasteiger partial charge is 0.456 e. The van der Waals surface area contributed by atoms with Gasteiger partial charge in [-0.1, -0.05) is 29.8 Å². The Morgan fingerprint density at radius 2 is 1.96 bits per heavy atom. The minimum atomic E-state index is -0.598. The van der Waals surface area contributed by atoms with Gasteiger partial charge >= 0.3 is 11.7 Å². The Bertz CT molecular complexity index is 1290. The molecule has 28 heavy (non-hydrogen) atoms. The van der Waals surface area contributed by atoms with Gasteiger partial charge in [-0.15, -0.1) is 11.3 Å². The van der Waals surface area contributed by atoms with Gasteiger partial charge in [0.25, 0.3) is 5.56 Å². The van der Waals surface area contributed by atoms with Crippen LogP contribution in [0.2, 0.25) is 4.47 Å². The SMILES string of the molecule is O=C(OCc1csc(Cl)n1)c1ccc2c(=O)n(-c3ccccc3)c(=O)[nH]c2c1. The van der Waals surface area contributed by atoms with Crippen LogP contribution in [0.4, 0.5) is 0 Å². The van der Waals surface area contributed by atoms with Crippen LogP contribution >= 0.6 is 22.9 Å². The summed E-state index contributed by atoms with van der Waals surface area (Å²) in [4.78, 5) is 44.1. The summed E-state index contributed by atoms with van der Waals surface area (Å²) in [5, 5.41) is 1.98. The molecule has 0 atom stereocenters. The van der Waals surface area contributed by atoms with Gasteiger partial charge in [-0.2, -0.15) is 0 Å². The summed E-state index contributed by atoms with van der Waals surface area (Å²) in [5.41, 5.74) is 0.410.